The third kappa shape index (κ3) is 3.16. The fourth-order valence-corrected chi connectivity index (χ4v) is 4.77. The van der Waals surface area contributed by atoms with E-state index in [1.165, 1.54) is 25.7 Å². The summed E-state index contributed by atoms with van der Waals surface area (Å²) in [5, 5.41) is 7.55. The first-order valence-corrected chi connectivity index (χ1v) is 9.58. The summed E-state index contributed by atoms with van der Waals surface area (Å²) in [5.41, 5.74) is 1.91. The maximum Gasteiger partial charge on any atom is 0.321 e. The topological polar surface area (TPSA) is 59.4 Å². The van der Waals surface area contributed by atoms with E-state index in [0.717, 1.165) is 24.4 Å². The number of hydrogen-bond acceptors (Lipinski definition) is 3. The van der Waals surface area contributed by atoms with Crippen LogP contribution in [0, 0.1) is 5.41 Å². The van der Waals surface area contributed by atoms with Crippen molar-refractivity contribution < 1.29 is 9.53 Å². The van der Waals surface area contributed by atoms with Gasteiger partial charge in [-0.3, -0.25) is 4.68 Å². The number of ether oxygens (including phenoxy) is 1. The summed E-state index contributed by atoms with van der Waals surface area (Å²) in [4.78, 5) is 14.8. The van der Waals surface area contributed by atoms with Crippen molar-refractivity contribution in [1.82, 2.24) is 14.7 Å². The van der Waals surface area contributed by atoms with E-state index in [2.05, 4.69) is 31.2 Å². The van der Waals surface area contributed by atoms with Gasteiger partial charge in [-0.2, -0.15) is 5.10 Å². The zero-order valence-corrected chi connectivity index (χ0v) is 16.2. The first kappa shape index (κ1) is 18.2. The standard InChI is InChI=1S/C19H32N4O2/c1-6-25-16-11-15(19(16)9-7-8-10-19)23(5)18(24)20-14-12-22(4)21-17(14)13(2)3/h12-13,15-16H,6-11H2,1-5H3,(H,20,24). The lowest BCUT2D eigenvalue weighted by Crippen LogP contribution is -2.64. The van der Waals surface area contributed by atoms with Crippen molar-refractivity contribution in [3.8, 4) is 0 Å². The van der Waals surface area contributed by atoms with Crippen molar-refractivity contribution in [3.05, 3.63) is 11.9 Å². The lowest BCUT2D eigenvalue weighted by atomic mass is 9.60. The number of nitrogens with one attached hydrogen (secondary N) is 1. The van der Waals surface area contributed by atoms with Crippen LogP contribution in [0.4, 0.5) is 10.5 Å². The largest absolute Gasteiger partial charge is 0.378 e. The quantitative estimate of drug-likeness (QED) is 0.882. The van der Waals surface area contributed by atoms with Gasteiger partial charge in [0.1, 0.15) is 0 Å². The lowest BCUT2D eigenvalue weighted by Gasteiger charge is -2.56. The molecule has 6 heteroatoms. The second kappa shape index (κ2) is 6.98. The van der Waals surface area contributed by atoms with E-state index in [-0.39, 0.29) is 23.4 Å². The zero-order chi connectivity index (χ0) is 18.2. The lowest BCUT2D eigenvalue weighted by molar-refractivity contribution is -0.150. The Hall–Kier alpha value is -1.56. The van der Waals surface area contributed by atoms with Gasteiger partial charge in [0.25, 0.3) is 0 Å². The summed E-state index contributed by atoms with van der Waals surface area (Å²) in [5.74, 6) is 0.272. The van der Waals surface area contributed by atoms with E-state index in [0.29, 0.717) is 6.10 Å². The van der Waals surface area contributed by atoms with E-state index in [4.69, 9.17) is 4.74 Å². The number of carbonyl (C=O) groups is 1. The van der Waals surface area contributed by atoms with Crippen molar-refractivity contribution in [2.45, 2.75) is 70.9 Å². The van der Waals surface area contributed by atoms with Crippen LogP contribution in [0.25, 0.3) is 0 Å². The van der Waals surface area contributed by atoms with Gasteiger partial charge >= 0.3 is 6.03 Å². The van der Waals surface area contributed by atoms with Gasteiger partial charge in [0.15, 0.2) is 0 Å². The van der Waals surface area contributed by atoms with E-state index < -0.39 is 0 Å². The Balaban J connectivity index is 1.71. The maximum atomic E-state index is 12.9. The molecule has 140 valence electrons. The highest BCUT2D eigenvalue weighted by Gasteiger charge is 2.58. The number of hydrogen-bond donors (Lipinski definition) is 1. The summed E-state index contributed by atoms with van der Waals surface area (Å²) in [6, 6.07) is 0.229. The van der Waals surface area contributed by atoms with Crippen molar-refractivity contribution in [1.29, 1.82) is 0 Å². The molecule has 6 nitrogen and oxygen atoms in total. The molecule has 2 atom stereocenters. The minimum Gasteiger partial charge on any atom is -0.378 e. The van der Waals surface area contributed by atoms with E-state index in [1.807, 2.05) is 25.2 Å². The van der Waals surface area contributed by atoms with E-state index in [1.54, 1.807) is 4.68 Å². The monoisotopic (exact) mass is 348 g/mol. The number of amides is 2. The Morgan fingerprint density at radius 2 is 2.16 bits per heavy atom. The minimum absolute atomic E-state index is 0.0406. The molecule has 0 saturated heterocycles. The van der Waals surface area contributed by atoms with Crippen LogP contribution in [0.1, 0.15) is 64.5 Å². The van der Waals surface area contributed by atoms with Crippen molar-refractivity contribution in [2.75, 3.05) is 19.0 Å². The summed E-state index contributed by atoms with van der Waals surface area (Å²) in [7, 11) is 3.81. The van der Waals surface area contributed by atoms with Crippen molar-refractivity contribution >= 4 is 11.7 Å². The molecule has 2 aliphatic rings. The summed E-state index contributed by atoms with van der Waals surface area (Å²) < 4.78 is 7.74. The molecule has 0 aromatic carbocycles. The Morgan fingerprint density at radius 3 is 2.76 bits per heavy atom. The molecule has 2 saturated carbocycles. The molecular weight excluding hydrogens is 316 g/mol. The van der Waals surface area contributed by atoms with Gasteiger partial charge < -0.3 is 15.0 Å². The van der Waals surface area contributed by atoms with Crippen LogP contribution in [-0.4, -0.2) is 46.5 Å². The van der Waals surface area contributed by atoms with E-state index in [9.17, 15) is 4.79 Å². The van der Waals surface area contributed by atoms with Crippen molar-refractivity contribution in [3.63, 3.8) is 0 Å². The summed E-state index contributed by atoms with van der Waals surface area (Å²) >= 11 is 0. The van der Waals surface area contributed by atoms with Gasteiger partial charge in [0.05, 0.1) is 17.5 Å². The Kier molecular flexibility index (Phi) is 5.09. The highest BCUT2D eigenvalue weighted by atomic mass is 16.5. The number of urea groups is 1. The molecule has 2 amide bonds. The van der Waals surface area contributed by atoms with Gasteiger partial charge in [0.2, 0.25) is 0 Å². The van der Waals surface area contributed by atoms with E-state index >= 15 is 0 Å². The SMILES string of the molecule is CCOC1CC(N(C)C(=O)Nc2cn(C)nc2C(C)C)C12CCCC2. The molecule has 1 aromatic rings. The zero-order valence-electron chi connectivity index (χ0n) is 16.2. The smallest absolute Gasteiger partial charge is 0.321 e. The molecule has 1 spiro atoms. The Bertz CT molecular complexity index is 619. The van der Waals surface area contributed by atoms with Crippen LogP contribution in [0.5, 0.6) is 0 Å². The van der Waals surface area contributed by atoms with Gasteiger partial charge in [-0.1, -0.05) is 26.7 Å². The number of nitrogens with zero attached hydrogens (tertiary/aromatic N) is 3. The molecule has 0 bridgehead atoms. The fourth-order valence-electron chi connectivity index (χ4n) is 4.77. The van der Waals surface area contributed by atoms with Crippen LogP contribution in [0.15, 0.2) is 6.20 Å². The predicted octanol–water partition coefficient (Wildman–Crippen LogP) is 3.75. The Morgan fingerprint density at radius 1 is 1.48 bits per heavy atom. The molecule has 1 aromatic heterocycles. The van der Waals surface area contributed by atoms with Gasteiger partial charge in [-0.05, 0) is 32.1 Å². The molecule has 0 aliphatic heterocycles. The molecule has 3 rings (SSSR count). The number of aryl methyl sites for hydroxylation is 1. The minimum atomic E-state index is -0.0406. The second-order valence-electron chi connectivity index (χ2n) is 7.93. The molecule has 25 heavy (non-hydrogen) atoms. The highest BCUT2D eigenvalue weighted by Crippen LogP contribution is 2.56. The molecule has 0 radical (unpaired) electrons. The third-order valence-electron chi connectivity index (χ3n) is 6.08. The number of rotatable bonds is 5. The molecule has 1 N–H and O–H groups in total. The summed E-state index contributed by atoms with van der Waals surface area (Å²) in [6.07, 6.45) is 7.97. The number of aromatic nitrogens is 2. The first-order valence-electron chi connectivity index (χ1n) is 9.58. The fraction of sp³-hybridized carbons (Fsp3) is 0.789. The first-order chi connectivity index (χ1) is 11.9. The number of carbonyl (C=O) groups excluding carboxylic acids is 1. The van der Waals surface area contributed by atoms with Gasteiger partial charge in [-0.15, -0.1) is 0 Å². The summed E-state index contributed by atoms with van der Waals surface area (Å²) in [6.45, 7) is 6.99. The van der Waals surface area contributed by atoms with Crippen LogP contribution in [0.3, 0.4) is 0 Å². The molecule has 2 fully saturated rings. The van der Waals surface area contributed by atoms with Gasteiger partial charge in [0, 0.05) is 38.4 Å². The van der Waals surface area contributed by atoms with Crippen LogP contribution < -0.4 is 5.32 Å². The highest BCUT2D eigenvalue weighted by molar-refractivity contribution is 5.90. The normalized spacial score (nSPS) is 24.6. The van der Waals surface area contributed by atoms with Crippen molar-refractivity contribution in [2.24, 2.45) is 12.5 Å². The number of anilines is 1. The second-order valence-corrected chi connectivity index (χ2v) is 7.93. The van der Waals surface area contributed by atoms with Gasteiger partial charge in [-0.25, -0.2) is 4.79 Å². The average molecular weight is 348 g/mol. The average Bonchev–Trinajstić information content (AvgIpc) is 3.19. The molecular formula is C19H32N4O2. The molecule has 1 heterocycles. The molecule has 2 aliphatic carbocycles. The molecule has 2 unspecified atom stereocenters. The third-order valence-corrected chi connectivity index (χ3v) is 6.08. The van der Waals surface area contributed by atoms with Crippen LogP contribution >= 0.6 is 0 Å². The predicted molar refractivity (Wildman–Crippen MR) is 98.8 cm³/mol. The Labute approximate surface area is 150 Å². The van der Waals surface area contributed by atoms with Crippen LogP contribution in [0.2, 0.25) is 0 Å². The maximum absolute atomic E-state index is 12.9. The van der Waals surface area contributed by atoms with Crippen LogP contribution in [-0.2, 0) is 11.8 Å².